The number of aliphatic imine (C=N–C) groups is 1. The van der Waals surface area contributed by atoms with Crippen molar-refractivity contribution in [1.29, 1.82) is 0 Å². The highest BCUT2D eigenvalue weighted by Crippen LogP contribution is 2.20. The van der Waals surface area contributed by atoms with E-state index in [1.807, 2.05) is 6.92 Å². The number of ether oxygens (including phenoxy) is 1. The van der Waals surface area contributed by atoms with Gasteiger partial charge in [0.2, 0.25) is 5.91 Å². The number of guanidine groups is 1. The largest absolute Gasteiger partial charge is 0.378 e. The van der Waals surface area contributed by atoms with Gasteiger partial charge in [-0.15, -0.1) is 0 Å². The molecule has 0 spiro atoms. The van der Waals surface area contributed by atoms with Crippen LogP contribution >= 0.6 is 0 Å². The molecule has 1 saturated carbocycles. The average Bonchev–Trinajstić information content (AvgIpc) is 2.96. The Morgan fingerprint density at radius 2 is 2.00 bits per heavy atom. The van der Waals surface area contributed by atoms with Crippen LogP contribution in [0, 0.1) is 0 Å². The van der Waals surface area contributed by atoms with Gasteiger partial charge < -0.3 is 20.3 Å². The first-order valence-electron chi connectivity index (χ1n) is 7.97. The highest BCUT2D eigenvalue weighted by Gasteiger charge is 2.14. The van der Waals surface area contributed by atoms with Gasteiger partial charge in [-0.25, -0.2) is 4.99 Å². The summed E-state index contributed by atoms with van der Waals surface area (Å²) in [5, 5.41) is 6.36. The molecule has 6 heteroatoms. The highest BCUT2D eigenvalue weighted by atomic mass is 16.5. The number of likely N-dealkylation sites (N-methyl/N-ethyl adjacent to an activating group) is 1. The number of amides is 1. The third kappa shape index (κ3) is 7.90. The SMILES string of the molecule is CCNC(=NCC(=O)N(C)C)NCCCOC1CCCC1. The molecule has 1 rings (SSSR count). The Hall–Kier alpha value is -1.30. The van der Waals surface area contributed by atoms with Crippen LogP contribution in [0.15, 0.2) is 4.99 Å². The van der Waals surface area contributed by atoms with Crippen molar-refractivity contribution in [2.75, 3.05) is 40.3 Å². The Kier molecular flexibility index (Phi) is 8.82. The van der Waals surface area contributed by atoms with Gasteiger partial charge in [-0.2, -0.15) is 0 Å². The number of rotatable bonds is 8. The van der Waals surface area contributed by atoms with E-state index in [-0.39, 0.29) is 12.5 Å². The molecule has 0 unspecified atom stereocenters. The topological polar surface area (TPSA) is 66.0 Å². The van der Waals surface area contributed by atoms with Crippen LogP contribution in [-0.2, 0) is 9.53 Å². The molecule has 0 aromatic rings. The highest BCUT2D eigenvalue weighted by molar-refractivity contribution is 5.84. The van der Waals surface area contributed by atoms with Crippen molar-refractivity contribution < 1.29 is 9.53 Å². The van der Waals surface area contributed by atoms with Gasteiger partial charge in [0.25, 0.3) is 0 Å². The Balaban J connectivity index is 2.17. The molecule has 2 N–H and O–H groups in total. The third-order valence-electron chi connectivity index (χ3n) is 3.48. The van der Waals surface area contributed by atoms with Gasteiger partial charge >= 0.3 is 0 Å². The van der Waals surface area contributed by atoms with Crippen molar-refractivity contribution in [2.45, 2.75) is 45.1 Å². The summed E-state index contributed by atoms with van der Waals surface area (Å²) in [6, 6.07) is 0. The lowest BCUT2D eigenvalue weighted by atomic mass is 10.3. The molecule has 0 bridgehead atoms. The molecule has 0 atom stereocenters. The molecule has 1 aliphatic carbocycles. The monoisotopic (exact) mass is 298 g/mol. The predicted octanol–water partition coefficient (Wildman–Crippen LogP) is 0.979. The predicted molar refractivity (Wildman–Crippen MR) is 85.5 cm³/mol. The normalized spacial score (nSPS) is 16.0. The van der Waals surface area contributed by atoms with Crippen LogP contribution in [0.4, 0.5) is 0 Å². The van der Waals surface area contributed by atoms with Gasteiger partial charge in [-0.1, -0.05) is 12.8 Å². The molecule has 0 aliphatic heterocycles. The molecule has 1 fully saturated rings. The van der Waals surface area contributed by atoms with Crippen LogP contribution in [-0.4, -0.2) is 63.2 Å². The summed E-state index contributed by atoms with van der Waals surface area (Å²) < 4.78 is 5.81. The lowest BCUT2D eigenvalue weighted by Gasteiger charge is -2.14. The molecule has 1 amide bonds. The number of nitrogens with zero attached hydrogens (tertiary/aromatic N) is 2. The standard InChI is InChI=1S/C15H30N4O2/c1-4-16-15(18-12-14(20)19(2)3)17-10-7-11-21-13-8-5-6-9-13/h13H,4-12H2,1-3H3,(H2,16,17,18). The van der Waals surface area contributed by atoms with Gasteiger partial charge in [0.15, 0.2) is 5.96 Å². The van der Waals surface area contributed by atoms with Crippen molar-refractivity contribution in [3.63, 3.8) is 0 Å². The Labute approximate surface area is 128 Å². The van der Waals surface area contributed by atoms with E-state index >= 15 is 0 Å². The fourth-order valence-electron chi connectivity index (χ4n) is 2.21. The molecule has 0 saturated heterocycles. The summed E-state index contributed by atoms with van der Waals surface area (Å²) in [4.78, 5) is 17.3. The van der Waals surface area contributed by atoms with Crippen LogP contribution < -0.4 is 10.6 Å². The minimum Gasteiger partial charge on any atom is -0.378 e. The summed E-state index contributed by atoms with van der Waals surface area (Å²) in [7, 11) is 3.47. The van der Waals surface area contributed by atoms with E-state index in [9.17, 15) is 4.79 Å². The maximum atomic E-state index is 11.5. The van der Waals surface area contributed by atoms with Crippen molar-refractivity contribution in [2.24, 2.45) is 4.99 Å². The second kappa shape index (κ2) is 10.4. The van der Waals surface area contributed by atoms with E-state index in [1.165, 1.54) is 25.7 Å². The van der Waals surface area contributed by atoms with Gasteiger partial charge in [-0.3, -0.25) is 4.79 Å². The number of carbonyl (C=O) groups is 1. The quantitative estimate of drug-likeness (QED) is 0.398. The first kappa shape index (κ1) is 17.8. The fourth-order valence-corrected chi connectivity index (χ4v) is 2.21. The molecule has 0 aromatic heterocycles. The lowest BCUT2D eigenvalue weighted by Crippen LogP contribution is -2.39. The van der Waals surface area contributed by atoms with Gasteiger partial charge in [-0.05, 0) is 26.2 Å². The van der Waals surface area contributed by atoms with E-state index in [1.54, 1.807) is 19.0 Å². The minimum absolute atomic E-state index is 0.00299. The second-order valence-corrected chi connectivity index (χ2v) is 5.54. The molecule has 6 nitrogen and oxygen atoms in total. The van der Waals surface area contributed by atoms with E-state index < -0.39 is 0 Å². The Bertz CT molecular complexity index is 326. The summed E-state index contributed by atoms with van der Waals surface area (Å²) in [5.41, 5.74) is 0. The first-order valence-corrected chi connectivity index (χ1v) is 7.97. The summed E-state index contributed by atoms with van der Waals surface area (Å²) in [5.74, 6) is 0.685. The van der Waals surface area contributed by atoms with Gasteiger partial charge in [0.1, 0.15) is 6.54 Å². The molecule has 0 heterocycles. The lowest BCUT2D eigenvalue weighted by molar-refractivity contribution is -0.127. The zero-order chi connectivity index (χ0) is 15.5. The number of hydrogen-bond donors (Lipinski definition) is 2. The van der Waals surface area contributed by atoms with Crippen molar-refractivity contribution in [3.8, 4) is 0 Å². The van der Waals surface area contributed by atoms with E-state index in [0.717, 1.165) is 26.1 Å². The van der Waals surface area contributed by atoms with Crippen molar-refractivity contribution >= 4 is 11.9 Å². The van der Waals surface area contributed by atoms with E-state index in [2.05, 4.69) is 15.6 Å². The summed E-state index contributed by atoms with van der Waals surface area (Å²) in [6.07, 6.45) is 6.46. The molecular weight excluding hydrogens is 268 g/mol. The molecular formula is C15H30N4O2. The maximum Gasteiger partial charge on any atom is 0.243 e. The number of nitrogens with one attached hydrogen (secondary N) is 2. The van der Waals surface area contributed by atoms with Crippen molar-refractivity contribution in [1.82, 2.24) is 15.5 Å². The summed E-state index contributed by atoms with van der Waals surface area (Å²) in [6.45, 7) is 4.54. The van der Waals surface area contributed by atoms with Crippen LogP contribution in [0.1, 0.15) is 39.0 Å². The zero-order valence-corrected chi connectivity index (χ0v) is 13.7. The Morgan fingerprint density at radius 3 is 2.62 bits per heavy atom. The number of carbonyl (C=O) groups excluding carboxylic acids is 1. The van der Waals surface area contributed by atoms with E-state index in [4.69, 9.17) is 4.74 Å². The van der Waals surface area contributed by atoms with Gasteiger partial charge in [0, 0.05) is 33.8 Å². The summed E-state index contributed by atoms with van der Waals surface area (Å²) >= 11 is 0. The molecule has 0 radical (unpaired) electrons. The molecule has 0 aromatic carbocycles. The Morgan fingerprint density at radius 1 is 1.29 bits per heavy atom. The average molecular weight is 298 g/mol. The minimum atomic E-state index is -0.00299. The maximum absolute atomic E-state index is 11.5. The van der Waals surface area contributed by atoms with Crippen LogP contribution in [0.2, 0.25) is 0 Å². The first-order chi connectivity index (χ1) is 10.1. The fraction of sp³-hybridized carbons (Fsp3) is 0.867. The number of hydrogen-bond acceptors (Lipinski definition) is 3. The van der Waals surface area contributed by atoms with Crippen LogP contribution in [0.25, 0.3) is 0 Å². The van der Waals surface area contributed by atoms with Crippen molar-refractivity contribution in [3.05, 3.63) is 0 Å². The zero-order valence-electron chi connectivity index (χ0n) is 13.7. The van der Waals surface area contributed by atoms with E-state index in [0.29, 0.717) is 12.1 Å². The second-order valence-electron chi connectivity index (χ2n) is 5.54. The molecule has 21 heavy (non-hydrogen) atoms. The van der Waals surface area contributed by atoms with Crippen LogP contribution in [0.5, 0.6) is 0 Å². The third-order valence-corrected chi connectivity index (χ3v) is 3.48. The molecule has 122 valence electrons. The van der Waals surface area contributed by atoms with Gasteiger partial charge in [0.05, 0.1) is 6.10 Å². The van der Waals surface area contributed by atoms with Crippen LogP contribution in [0.3, 0.4) is 0 Å². The molecule has 1 aliphatic rings. The smallest absolute Gasteiger partial charge is 0.243 e.